The third kappa shape index (κ3) is 5.44. The van der Waals surface area contributed by atoms with E-state index in [2.05, 4.69) is 47.0 Å². The van der Waals surface area contributed by atoms with Crippen LogP contribution in [-0.4, -0.2) is 54.3 Å². The van der Waals surface area contributed by atoms with E-state index in [0.29, 0.717) is 6.04 Å². The summed E-state index contributed by atoms with van der Waals surface area (Å²) >= 11 is 1.79. The molecule has 0 spiro atoms. The highest BCUT2D eigenvalue weighted by atomic mass is 32.1. The normalized spacial score (nSPS) is 25.1. The Labute approximate surface area is 179 Å². The Bertz CT molecular complexity index is 710. The van der Waals surface area contributed by atoms with E-state index in [-0.39, 0.29) is 23.6 Å². The fraction of sp³-hybridized carbons (Fsp3) is 0.727. The summed E-state index contributed by atoms with van der Waals surface area (Å²) in [6.45, 7) is 11.1. The number of hydrogen-bond donors (Lipinski definition) is 2. The number of amides is 1. The molecule has 1 aromatic rings. The van der Waals surface area contributed by atoms with Gasteiger partial charge in [-0.05, 0) is 57.9 Å². The molecular formula is C22H36N4O2S. The number of aliphatic imine (C=N–C) groups is 1. The number of rotatable bonds is 4. The number of thiophene rings is 1. The standard InChI is InChI=1S/C22H36N4O2S/c1-21(2,3)28-20(27)26-16-9-10-17(26)13-15(12-16)25-19(23-6)24-14-22(4,5)18-8-7-11-29-18/h7-8,11,15-17H,9-10,12-14H2,1-6H3,(H2,23,24,25). The van der Waals surface area contributed by atoms with Crippen molar-refractivity contribution in [3.8, 4) is 0 Å². The number of ether oxygens (including phenoxy) is 1. The Hall–Kier alpha value is -1.76. The molecule has 1 amide bonds. The third-order valence-corrected chi connectivity index (χ3v) is 7.02. The first-order chi connectivity index (χ1) is 13.6. The lowest BCUT2D eigenvalue weighted by Gasteiger charge is -2.40. The van der Waals surface area contributed by atoms with E-state index in [0.717, 1.165) is 38.2 Å². The highest BCUT2D eigenvalue weighted by Gasteiger charge is 2.45. The molecule has 7 heteroatoms. The maximum atomic E-state index is 12.6. The monoisotopic (exact) mass is 420 g/mol. The second kappa shape index (κ2) is 8.54. The van der Waals surface area contributed by atoms with E-state index in [1.807, 2.05) is 32.7 Å². The van der Waals surface area contributed by atoms with E-state index in [1.54, 1.807) is 11.3 Å². The maximum absolute atomic E-state index is 12.6. The van der Waals surface area contributed by atoms with Crippen molar-refractivity contribution in [1.29, 1.82) is 0 Å². The van der Waals surface area contributed by atoms with Crippen LogP contribution in [0.1, 0.15) is 65.2 Å². The number of guanidine groups is 1. The van der Waals surface area contributed by atoms with Crippen LogP contribution in [0, 0.1) is 0 Å². The van der Waals surface area contributed by atoms with Crippen LogP contribution in [0.2, 0.25) is 0 Å². The summed E-state index contributed by atoms with van der Waals surface area (Å²) in [6, 6.07) is 5.11. The van der Waals surface area contributed by atoms with Crippen molar-refractivity contribution < 1.29 is 9.53 Å². The van der Waals surface area contributed by atoms with Crippen molar-refractivity contribution in [2.24, 2.45) is 4.99 Å². The Morgan fingerprint density at radius 3 is 2.41 bits per heavy atom. The van der Waals surface area contributed by atoms with Crippen molar-refractivity contribution in [1.82, 2.24) is 15.5 Å². The fourth-order valence-electron chi connectivity index (χ4n) is 4.35. The van der Waals surface area contributed by atoms with Crippen molar-refractivity contribution in [3.63, 3.8) is 0 Å². The molecule has 0 saturated carbocycles. The van der Waals surface area contributed by atoms with Gasteiger partial charge in [-0.15, -0.1) is 11.3 Å². The topological polar surface area (TPSA) is 66.0 Å². The maximum Gasteiger partial charge on any atom is 0.410 e. The van der Waals surface area contributed by atoms with Crippen LogP contribution < -0.4 is 10.6 Å². The smallest absolute Gasteiger partial charge is 0.410 e. The minimum atomic E-state index is -0.451. The van der Waals surface area contributed by atoms with E-state index >= 15 is 0 Å². The lowest BCUT2D eigenvalue weighted by molar-refractivity contribution is 0.00544. The number of nitrogens with one attached hydrogen (secondary N) is 2. The van der Waals surface area contributed by atoms with Crippen LogP contribution >= 0.6 is 11.3 Å². The summed E-state index contributed by atoms with van der Waals surface area (Å²) in [6.07, 6.45) is 3.82. The summed E-state index contributed by atoms with van der Waals surface area (Å²) in [4.78, 5) is 20.4. The molecule has 3 heterocycles. The molecule has 0 aromatic carbocycles. The van der Waals surface area contributed by atoms with Crippen LogP contribution in [-0.2, 0) is 10.2 Å². The lowest BCUT2D eigenvalue weighted by atomic mass is 9.91. The first kappa shape index (κ1) is 21.9. The SMILES string of the molecule is CN=C(NCC(C)(C)c1cccs1)NC1CC2CCC(C1)N2C(=O)OC(C)(C)C. The van der Waals surface area contributed by atoms with Crippen molar-refractivity contribution in [3.05, 3.63) is 22.4 Å². The zero-order valence-corrected chi connectivity index (χ0v) is 19.4. The summed E-state index contributed by atoms with van der Waals surface area (Å²) < 4.78 is 5.64. The van der Waals surface area contributed by atoms with Gasteiger partial charge in [-0.25, -0.2) is 4.79 Å². The van der Waals surface area contributed by atoms with Gasteiger partial charge >= 0.3 is 6.09 Å². The minimum absolute atomic E-state index is 0.0465. The second-order valence-corrected chi connectivity index (χ2v) is 10.8. The summed E-state index contributed by atoms with van der Waals surface area (Å²) in [5.74, 6) is 0.838. The minimum Gasteiger partial charge on any atom is -0.444 e. The van der Waals surface area contributed by atoms with Gasteiger partial charge in [0.15, 0.2) is 5.96 Å². The van der Waals surface area contributed by atoms with E-state index in [1.165, 1.54) is 4.88 Å². The van der Waals surface area contributed by atoms with Gasteiger partial charge in [-0.3, -0.25) is 4.99 Å². The second-order valence-electron chi connectivity index (χ2n) is 9.87. The van der Waals surface area contributed by atoms with Gasteiger partial charge in [0.2, 0.25) is 0 Å². The zero-order valence-electron chi connectivity index (χ0n) is 18.6. The highest BCUT2D eigenvalue weighted by Crippen LogP contribution is 2.36. The van der Waals surface area contributed by atoms with Gasteiger partial charge in [0.1, 0.15) is 5.60 Å². The van der Waals surface area contributed by atoms with Gasteiger partial charge in [-0.2, -0.15) is 0 Å². The first-order valence-electron chi connectivity index (χ1n) is 10.6. The average molecular weight is 421 g/mol. The Kier molecular flexibility index (Phi) is 6.46. The van der Waals surface area contributed by atoms with E-state index in [4.69, 9.17) is 4.74 Å². The Morgan fingerprint density at radius 2 is 1.90 bits per heavy atom. The molecule has 2 atom stereocenters. The molecule has 2 bridgehead atoms. The number of piperidine rings is 1. The van der Waals surface area contributed by atoms with Crippen molar-refractivity contribution >= 4 is 23.4 Å². The predicted octanol–water partition coefficient (Wildman–Crippen LogP) is 4.12. The molecule has 2 N–H and O–H groups in total. The van der Waals surface area contributed by atoms with Crippen LogP contribution in [0.15, 0.2) is 22.5 Å². The van der Waals surface area contributed by atoms with Crippen LogP contribution in [0.3, 0.4) is 0 Å². The Morgan fingerprint density at radius 1 is 1.24 bits per heavy atom. The summed E-state index contributed by atoms with van der Waals surface area (Å²) in [5.41, 5.74) is -0.405. The van der Waals surface area contributed by atoms with E-state index in [9.17, 15) is 4.79 Å². The molecule has 1 aromatic heterocycles. The summed E-state index contributed by atoms with van der Waals surface area (Å²) in [7, 11) is 1.82. The molecule has 2 fully saturated rings. The number of carbonyl (C=O) groups excluding carboxylic acids is 1. The number of fused-ring (bicyclic) bond motifs is 2. The molecule has 162 valence electrons. The molecule has 3 rings (SSSR count). The zero-order chi connectivity index (χ0) is 21.2. The Balaban J connectivity index is 1.54. The highest BCUT2D eigenvalue weighted by molar-refractivity contribution is 7.10. The molecule has 2 aliphatic rings. The van der Waals surface area contributed by atoms with Crippen LogP contribution in [0.25, 0.3) is 0 Å². The number of carbonyl (C=O) groups is 1. The first-order valence-corrected chi connectivity index (χ1v) is 11.5. The van der Waals surface area contributed by atoms with E-state index < -0.39 is 5.60 Å². The number of hydrogen-bond acceptors (Lipinski definition) is 4. The molecule has 29 heavy (non-hydrogen) atoms. The molecule has 0 aliphatic carbocycles. The third-order valence-electron chi connectivity index (χ3n) is 5.79. The van der Waals surface area contributed by atoms with Gasteiger partial charge in [0.25, 0.3) is 0 Å². The van der Waals surface area contributed by atoms with Crippen molar-refractivity contribution in [2.45, 2.75) is 89.4 Å². The molecule has 6 nitrogen and oxygen atoms in total. The van der Waals surface area contributed by atoms with Crippen molar-refractivity contribution in [2.75, 3.05) is 13.6 Å². The summed E-state index contributed by atoms with van der Waals surface area (Å²) in [5, 5.41) is 9.22. The quantitative estimate of drug-likeness (QED) is 0.568. The van der Waals surface area contributed by atoms with Crippen LogP contribution in [0.5, 0.6) is 0 Å². The lowest BCUT2D eigenvalue weighted by Crippen LogP contribution is -2.55. The van der Waals surface area contributed by atoms with Gasteiger partial charge < -0.3 is 20.3 Å². The number of nitrogens with zero attached hydrogens (tertiary/aromatic N) is 2. The van der Waals surface area contributed by atoms with Crippen LogP contribution in [0.4, 0.5) is 4.79 Å². The molecule has 2 unspecified atom stereocenters. The molecule has 0 radical (unpaired) electrons. The van der Waals surface area contributed by atoms with Gasteiger partial charge in [0, 0.05) is 42.0 Å². The molecular weight excluding hydrogens is 384 g/mol. The van der Waals surface area contributed by atoms with Gasteiger partial charge in [0.05, 0.1) is 0 Å². The average Bonchev–Trinajstić information content (AvgIpc) is 3.25. The molecule has 2 aliphatic heterocycles. The largest absolute Gasteiger partial charge is 0.444 e. The van der Waals surface area contributed by atoms with Gasteiger partial charge in [-0.1, -0.05) is 19.9 Å². The molecule has 2 saturated heterocycles. The predicted molar refractivity (Wildman–Crippen MR) is 120 cm³/mol. The fourth-order valence-corrected chi connectivity index (χ4v) is 5.20.